The minimum absolute atomic E-state index is 0.0267. The number of rotatable bonds is 1. The largest absolute Gasteiger partial charge is 0.322 e. The van der Waals surface area contributed by atoms with Gasteiger partial charge in [-0.3, -0.25) is 4.79 Å². The molecule has 2 heterocycles. The van der Waals surface area contributed by atoms with Gasteiger partial charge in [0.1, 0.15) is 0 Å². The van der Waals surface area contributed by atoms with Crippen molar-refractivity contribution < 1.29 is 0 Å². The highest BCUT2D eigenvalue weighted by Crippen LogP contribution is 2.19. The zero-order chi connectivity index (χ0) is 11.5. The molecule has 0 aliphatic heterocycles. The number of hydrogen-bond acceptors (Lipinski definition) is 2. The van der Waals surface area contributed by atoms with Gasteiger partial charge in [0.05, 0.1) is 5.56 Å². The maximum absolute atomic E-state index is 11.9. The van der Waals surface area contributed by atoms with Gasteiger partial charge in [0.2, 0.25) is 0 Å². The summed E-state index contributed by atoms with van der Waals surface area (Å²) >= 11 is 1.58. The van der Waals surface area contributed by atoms with Crippen LogP contribution in [0.5, 0.6) is 0 Å². The molecule has 2 nitrogen and oxygen atoms in total. The molecule has 2 aromatic heterocycles. The summed E-state index contributed by atoms with van der Waals surface area (Å²) in [5.41, 5.74) is 0.717. The average molecular weight is 231 g/mol. The van der Waals surface area contributed by atoms with Gasteiger partial charge in [0, 0.05) is 10.2 Å². The smallest absolute Gasteiger partial charge is 0.257 e. The molecule has 82 valence electrons. The molecule has 0 aliphatic carbocycles. The van der Waals surface area contributed by atoms with Crippen LogP contribution in [0.3, 0.4) is 0 Å². The van der Waals surface area contributed by atoms with E-state index in [0.29, 0.717) is 0 Å². The molecule has 0 aromatic carbocycles. The average Bonchev–Trinajstić information content (AvgIpc) is 2.82. The monoisotopic (exact) mass is 231 g/mol. The molecule has 3 heteroatoms. The lowest BCUT2D eigenvalue weighted by molar-refractivity contribution is 1.16. The van der Waals surface area contributed by atoms with Crippen molar-refractivity contribution in [2.24, 2.45) is 0 Å². The Balaban J connectivity index is 2.81. The van der Waals surface area contributed by atoms with E-state index in [1.807, 2.05) is 49.6 Å². The van der Waals surface area contributed by atoms with E-state index in [0.717, 1.165) is 21.0 Å². The summed E-state index contributed by atoms with van der Waals surface area (Å²) < 4.78 is 0. The predicted molar refractivity (Wildman–Crippen MR) is 69.9 cm³/mol. The highest BCUT2D eigenvalue weighted by molar-refractivity contribution is 7.13. The first-order valence-electron chi connectivity index (χ1n) is 5.16. The van der Waals surface area contributed by atoms with E-state index < -0.39 is 0 Å². The van der Waals surface area contributed by atoms with Crippen molar-refractivity contribution in [2.45, 2.75) is 13.8 Å². The van der Waals surface area contributed by atoms with Gasteiger partial charge in [0.25, 0.3) is 5.56 Å². The third-order valence-corrected chi connectivity index (χ3v) is 3.39. The zero-order valence-electron chi connectivity index (χ0n) is 9.28. The van der Waals surface area contributed by atoms with Crippen LogP contribution < -0.4 is 16.1 Å². The molecule has 0 saturated carbocycles. The third kappa shape index (κ3) is 1.86. The Morgan fingerprint density at radius 1 is 1.31 bits per heavy atom. The van der Waals surface area contributed by atoms with Crippen molar-refractivity contribution in [3.63, 3.8) is 0 Å². The Morgan fingerprint density at radius 2 is 2.12 bits per heavy atom. The van der Waals surface area contributed by atoms with Crippen molar-refractivity contribution in [1.82, 2.24) is 4.98 Å². The fourth-order valence-electron chi connectivity index (χ4n) is 1.65. The van der Waals surface area contributed by atoms with Gasteiger partial charge in [0.15, 0.2) is 0 Å². The first-order valence-corrected chi connectivity index (χ1v) is 6.04. The molecule has 0 spiro atoms. The molecule has 0 atom stereocenters. The highest BCUT2D eigenvalue weighted by atomic mass is 32.1. The second kappa shape index (κ2) is 4.49. The minimum Gasteiger partial charge on any atom is -0.322 e. The van der Waals surface area contributed by atoms with Crippen molar-refractivity contribution >= 4 is 23.5 Å². The molecule has 0 fully saturated rings. The molecule has 0 radical (unpaired) electrons. The Bertz CT molecular complexity index is 650. The Hall–Kier alpha value is -1.61. The van der Waals surface area contributed by atoms with Crippen molar-refractivity contribution in [3.05, 3.63) is 44.5 Å². The molecule has 0 amide bonds. The SMILES string of the molecule is C/C=c1/cc(-c2cccs2)c(=O)[nH]/c1=C/C. The summed E-state index contributed by atoms with van der Waals surface area (Å²) in [6, 6.07) is 5.86. The normalized spacial score (nSPS) is 13.4. The fourth-order valence-corrected chi connectivity index (χ4v) is 2.39. The first kappa shape index (κ1) is 10.9. The van der Waals surface area contributed by atoms with E-state index >= 15 is 0 Å². The van der Waals surface area contributed by atoms with E-state index in [1.54, 1.807) is 11.3 Å². The number of thiophene rings is 1. The van der Waals surface area contributed by atoms with E-state index in [4.69, 9.17) is 0 Å². The van der Waals surface area contributed by atoms with Crippen molar-refractivity contribution in [2.75, 3.05) is 0 Å². The van der Waals surface area contributed by atoms with Crippen LogP contribution in [-0.4, -0.2) is 4.98 Å². The van der Waals surface area contributed by atoms with Crippen LogP contribution in [0.2, 0.25) is 0 Å². The number of nitrogens with one attached hydrogen (secondary N) is 1. The Morgan fingerprint density at radius 3 is 2.69 bits per heavy atom. The topological polar surface area (TPSA) is 32.9 Å². The summed E-state index contributed by atoms with van der Waals surface area (Å²) in [5.74, 6) is 0. The predicted octanol–water partition coefficient (Wildman–Crippen LogP) is 1.70. The molecule has 2 aromatic rings. The lowest BCUT2D eigenvalue weighted by Crippen LogP contribution is -2.34. The van der Waals surface area contributed by atoms with Gasteiger partial charge in [-0.25, -0.2) is 0 Å². The second-order valence-corrected chi connectivity index (χ2v) is 4.38. The fraction of sp³-hybridized carbons (Fsp3) is 0.154. The van der Waals surface area contributed by atoms with Crippen LogP contribution in [0, 0.1) is 0 Å². The van der Waals surface area contributed by atoms with Crippen molar-refractivity contribution in [3.8, 4) is 10.4 Å². The summed E-state index contributed by atoms with van der Waals surface area (Å²) in [6.45, 7) is 3.89. The van der Waals surface area contributed by atoms with Crippen LogP contribution in [0.1, 0.15) is 13.8 Å². The number of pyridine rings is 1. The molecule has 0 bridgehead atoms. The summed E-state index contributed by atoms with van der Waals surface area (Å²) in [7, 11) is 0. The van der Waals surface area contributed by atoms with E-state index in [-0.39, 0.29) is 5.56 Å². The molecular weight excluding hydrogens is 218 g/mol. The third-order valence-electron chi connectivity index (χ3n) is 2.49. The van der Waals surface area contributed by atoms with Crippen LogP contribution in [-0.2, 0) is 0 Å². The highest BCUT2D eigenvalue weighted by Gasteiger charge is 2.03. The molecule has 0 saturated heterocycles. The number of hydrogen-bond donors (Lipinski definition) is 1. The van der Waals surface area contributed by atoms with Gasteiger partial charge < -0.3 is 4.98 Å². The van der Waals surface area contributed by atoms with Crippen molar-refractivity contribution in [1.29, 1.82) is 0 Å². The quantitative estimate of drug-likeness (QED) is 0.796. The lowest BCUT2D eigenvalue weighted by Gasteiger charge is -1.97. The summed E-state index contributed by atoms with van der Waals surface area (Å²) in [6.07, 6.45) is 3.91. The minimum atomic E-state index is -0.0267. The first-order chi connectivity index (χ1) is 7.76. The van der Waals surface area contributed by atoms with Crippen LogP contribution >= 0.6 is 11.3 Å². The Kier molecular flexibility index (Phi) is 3.06. The summed E-state index contributed by atoms with van der Waals surface area (Å²) in [5, 5.41) is 3.92. The molecule has 0 aliphatic rings. The second-order valence-electron chi connectivity index (χ2n) is 3.44. The number of aromatic nitrogens is 1. The van der Waals surface area contributed by atoms with E-state index in [1.165, 1.54) is 0 Å². The van der Waals surface area contributed by atoms with E-state index in [2.05, 4.69) is 4.98 Å². The number of H-pyrrole nitrogens is 1. The maximum atomic E-state index is 11.9. The van der Waals surface area contributed by atoms with Gasteiger partial charge in [-0.1, -0.05) is 18.2 Å². The zero-order valence-corrected chi connectivity index (χ0v) is 10.1. The van der Waals surface area contributed by atoms with Gasteiger partial charge in [-0.05, 0) is 36.6 Å². The molecular formula is C13H13NOS. The van der Waals surface area contributed by atoms with Crippen LogP contribution in [0.25, 0.3) is 22.6 Å². The van der Waals surface area contributed by atoms with Crippen LogP contribution in [0.4, 0.5) is 0 Å². The van der Waals surface area contributed by atoms with E-state index in [9.17, 15) is 4.79 Å². The van der Waals surface area contributed by atoms with Gasteiger partial charge in [-0.15, -0.1) is 11.3 Å². The number of aromatic amines is 1. The molecule has 0 unspecified atom stereocenters. The van der Waals surface area contributed by atoms with Gasteiger partial charge in [-0.2, -0.15) is 0 Å². The maximum Gasteiger partial charge on any atom is 0.257 e. The summed E-state index contributed by atoms with van der Waals surface area (Å²) in [4.78, 5) is 15.8. The molecule has 1 N–H and O–H groups in total. The Labute approximate surface area is 97.6 Å². The van der Waals surface area contributed by atoms with Gasteiger partial charge >= 0.3 is 0 Å². The lowest BCUT2D eigenvalue weighted by atomic mass is 10.2. The molecule has 2 rings (SSSR count). The van der Waals surface area contributed by atoms with Crippen LogP contribution in [0.15, 0.2) is 28.4 Å². The standard InChI is InChI=1S/C13H13NOS/c1-3-9-8-10(12-6-5-7-16-12)13(15)14-11(9)4-2/h3-8H,1-2H3,(H,14,15)/b9-3-,11-4+. The molecule has 16 heavy (non-hydrogen) atoms.